The van der Waals surface area contributed by atoms with Crippen LogP contribution in [-0.2, 0) is 4.74 Å². The van der Waals surface area contributed by atoms with E-state index in [1.807, 2.05) is 6.20 Å². The molecule has 2 aromatic heterocycles. The van der Waals surface area contributed by atoms with Gasteiger partial charge in [-0.2, -0.15) is 0 Å². The van der Waals surface area contributed by atoms with Gasteiger partial charge >= 0.3 is 0 Å². The number of fused-ring (bicyclic) bond motifs is 2. The number of nitrogens with one attached hydrogen (secondary N) is 2. The lowest BCUT2D eigenvalue weighted by molar-refractivity contribution is 0.109. The van der Waals surface area contributed by atoms with Gasteiger partial charge in [0.2, 0.25) is 5.56 Å². The molecule has 2 aromatic carbocycles. The summed E-state index contributed by atoms with van der Waals surface area (Å²) in [6, 6.07) is 22.0. The van der Waals surface area contributed by atoms with Gasteiger partial charge in [0.1, 0.15) is 0 Å². The lowest BCUT2D eigenvalue weighted by Crippen LogP contribution is -2.44. The molecule has 1 saturated carbocycles. The molecule has 0 amide bonds. The van der Waals surface area contributed by atoms with E-state index in [1.54, 1.807) is 29.6 Å². The Balaban J connectivity index is 1.15. The summed E-state index contributed by atoms with van der Waals surface area (Å²) in [6.07, 6.45) is 4.31. The van der Waals surface area contributed by atoms with Crippen molar-refractivity contribution in [3.8, 4) is 11.3 Å². The number of pyridine rings is 2. The fraction of sp³-hybridized carbons (Fsp3) is 0.353. The molecule has 2 N–H and O–H groups in total. The standard InChI is InChI=1S/C34H37N5O2S2/c1-21-7-9-27(35-20-21)33(22-15-24(16-22)38(2)3)36-23-8-10-29-31(17-23)42-30-6-4-5-26(34(30)43-29)28-18-25(19-32(40)37-28)39-11-13-41-14-12-39/h4-10,17-20,22,24,33,36H,11-16H2,1-3H3,(H,37,40). The highest BCUT2D eigenvalue weighted by Crippen LogP contribution is 2.52. The third-order valence-corrected chi connectivity index (χ3v) is 11.4. The molecule has 7 rings (SSSR count). The van der Waals surface area contributed by atoms with Crippen LogP contribution in [-0.4, -0.2) is 61.3 Å². The maximum atomic E-state index is 12.7. The minimum Gasteiger partial charge on any atom is -0.378 e. The van der Waals surface area contributed by atoms with Crippen LogP contribution in [0.3, 0.4) is 0 Å². The lowest BCUT2D eigenvalue weighted by Gasteiger charge is -2.44. The van der Waals surface area contributed by atoms with Crippen LogP contribution in [0.1, 0.15) is 30.1 Å². The average molecular weight is 612 g/mol. The SMILES string of the molecule is Cc1ccc(C(Nc2ccc3c(c2)Sc2cccc(-c4cc(N5CCOCC5)cc(=O)[nH]4)c2S3)C2CC(N(C)C)C2)nc1. The van der Waals surface area contributed by atoms with Crippen molar-refractivity contribution in [1.29, 1.82) is 0 Å². The van der Waals surface area contributed by atoms with Crippen molar-refractivity contribution in [2.24, 2.45) is 5.92 Å². The van der Waals surface area contributed by atoms with Crippen molar-refractivity contribution < 1.29 is 4.74 Å². The van der Waals surface area contributed by atoms with Crippen molar-refractivity contribution in [1.82, 2.24) is 14.9 Å². The Kier molecular flexibility index (Phi) is 7.98. The van der Waals surface area contributed by atoms with E-state index in [1.165, 1.54) is 38.0 Å². The number of hydrogen-bond acceptors (Lipinski definition) is 8. The summed E-state index contributed by atoms with van der Waals surface area (Å²) in [4.78, 5) is 30.1. The third kappa shape index (κ3) is 5.96. The Bertz CT molecular complexity index is 1680. The molecular formula is C34H37N5O2S2. The zero-order chi connectivity index (χ0) is 29.5. The predicted molar refractivity (Wildman–Crippen MR) is 176 cm³/mol. The van der Waals surface area contributed by atoms with E-state index in [-0.39, 0.29) is 11.6 Å². The first-order valence-electron chi connectivity index (χ1n) is 15.0. The van der Waals surface area contributed by atoms with Crippen molar-refractivity contribution in [2.75, 3.05) is 50.6 Å². The Morgan fingerprint density at radius 2 is 1.84 bits per heavy atom. The largest absolute Gasteiger partial charge is 0.378 e. The number of rotatable bonds is 7. The monoisotopic (exact) mass is 611 g/mol. The van der Waals surface area contributed by atoms with Gasteiger partial charge in [-0.25, -0.2) is 0 Å². The normalized spacial score (nSPS) is 20.2. The van der Waals surface area contributed by atoms with Crippen LogP contribution in [0.2, 0.25) is 0 Å². The first-order chi connectivity index (χ1) is 20.9. The number of benzene rings is 2. The van der Waals surface area contributed by atoms with Crippen molar-refractivity contribution in [3.05, 3.63) is 88.5 Å². The Labute approximate surface area is 261 Å². The second-order valence-corrected chi connectivity index (χ2v) is 14.1. The summed E-state index contributed by atoms with van der Waals surface area (Å²) in [5.41, 5.74) is 6.18. The number of H-pyrrole nitrogens is 1. The molecular weight excluding hydrogens is 575 g/mol. The second kappa shape index (κ2) is 12.0. The molecule has 2 aliphatic heterocycles. The molecule has 43 heavy (non-hydrogen) atoms. The molecule has 9 heteroatoms. The summed E-state index contributed by atoms with van der Waals surface area (Å²) in [5.74, 6) is 0.541. The van der Waals surface area contributed by atoms with Gasteiger partial charge in [0.15, 0.2) is 0 Å². The molecule has 0 spiro atoms. The van der Waals surface area contributed by atoms with E-state index in [2.05, 4.69) is 95.7 Å². The smallest absolute Gasteiger partial charge is 0.250 e. The number of hydrogen-bond donors (Lipinski definition) is 2. The number of anilines is 2. The molecule has 0 bridgehead atoms. The van der Waals surface area contributed by atoms with Gasteiger partial charge < -0.3 is 24.8 Å². The van der Waals surface area contributed by atoms with Gasteiger partial charge in [-0.15, -0.1) is 0 Å². The number of nitrogens with zero attached hydrogens (tertiary/aromatic N) is 3. The molecule has 1 saturated heterocycles. The van der Waals surface area contributed by atoms with Crippen LogP contribution < -0.4 is 15.8 Å². The molecule has 222 valence electrons. The number of aromatic nitrogens is 2. The van der Waals surface area contributed by atoms with Crippen LogP contribution in [0.25, 0.3) is 11.3 Å². The van der Waals surface area contributed by atoms with E-state index in [4.69, 9.17) is 9.72 Å². The van der Waals surface area contributed by atoms with Gasteiger partial charge in [-0.1, -0.05) is 41.7 Å². The summed E-state index contributed by atoms with van der Waals surface area (Å²) >= 11 is 3.58. The third-order valence-electron chi connectivity index (χ3n) is 8.78. The number of ether oxygens (including phenoxy) is 1. The minimum absolute atomic E-state index is 0.0813. The molecule has 1 unspecified atom stereocenters. The number of aromatic amines is 1. The summed E-state index contributed by atoms with van der Waals surface area (Å²) in [6.45, 7) is 5.04. The topological polar surface area (TPSA) is 73.5 Å². The Morgan fingerprint density at radius 3 is 2.60 bits per heavy atom. The van der Waals surface area contributed by atoms with Crippen LogP contribution in [0.15, 0.2) is 91.2 Å². The molecule has 7 nitrogen and oxygen atoms in total. The molecule has 2 fully saturated rings. The van der Waals surface area contributed by atoms with Crippen LogP contribution in [0.4, 0.5) is 11.4 Å². The van der Waals surface area contributed by atoms with Crippen molar-refractivity contribution in [3.63, 3.8) is 0 Å². The Hall–Kier alpha value is -3.24. The average Bonchev–Trinajstić information content (AvgIpc) is 2.99. The molecule has 3 aliphatic rings. The highest BCUT2D eigenvalue weighted by molar-refractivity contribution is 8.05. The molecule has 1 aliphatic carbocycles. The van der Waals surface area contributed by atoms with Crippen LogP contribution in [0, 0.1) is 12.8 Å². The molecule has 1 atom stereocenters. The van der Waals surface area contributed by atoms with E-state index < -0.39 is 0 Å². The highest BCUT2D eigenvalue weighted by atomic mass is 32.2. The van der Waals surface area contributed by atoms with Crippen molar-refractivity contribution in [2.45, 2.75) is 51.4 Å². The summed E-state index contributed by atoms with van der Waals surface area (Å²) < 4.78 is 5.52. The van der Waals surface area contributed by atoms with E-state index in [0.29, 0.717) is 25.2 Å². The fourth-order valence-corrected chi connectivity index (χ4v) is 8.59. The summed E-state index contributed by atoms with van der Waals surface area (Å²) in [5, 5.41) is 3.87. The van der Waals surface area contributed by atoms with E-state index >= 15 is 0 Å². The zero-order valence-electron chi connectivity index (χ0n) is 24.8. The van der Waals surface area contributed by atoms with Crippen LogP contribution in [0.5, 0.6) is 0 Å². The van der Waals surface area contributed by atoms with Gasteiger partial charge in [-0.05, 0) is 81.7 Å². The van der Waals surface area contributed by atoms with Crippen molar-refractivity contribution >= 4 is 34.9 Å². The molecule has 4 aromatic rings. The highest BCUT2D eigenvalue weighted by Gasteiger charge is 2.37. The number of morpholine rings is 1. The van der Waals surface area contributed by atoms with E-state index in [0.717, 1.165) is 41.4 Å². The molecule has 0 radical (unpaired) electrons. The second-order valence-electron chi connectivity index (χ2n) is 11.9. The first-order valence-corrected chi connectivity index (χ1v) is 16.6. The Morgan fingerprint density at radius 1 is 1.00 bits per heavy atom. The zero-order valence-corrected chi connectivity index (χ0v) is 26.4. The van der Waals surface area contributed by atoms with Crippen LogP contribution >= 0.6 is 23.5 Å². The fourth-order valence-electron chi connectivity index (χ4n) is 6.18. The van der Waals surface area contributed by atoms with Gasteiger partial charge in [-0.3, -0.25) is 9.78 Å². The number of aryl methyl sites for hydroxylation is 1. The lowest BCUT2D eigenvalue weighted by atomic mass is 9.74. The maximum absolute atomic E-state index is 12.7. The predicted octanol–water partition coefficient (Wildman–Crippen LogP) is 6.69. The quantitative estimate of drug-likeness (QED) is 0.211. The minimum atomic E-state index is -0.0813. The van der Waals surface area contributed by atoms with Gasteiger partial charge in [0, 0.05) is 67.9 Å². The van der Waals surface area contributed by atoms with Gasteiger partial charge in [0.25, 0.3) is 0 Å². The van der Waals surface area contributed by atoms with E-state index in [9.17, 15) is 4.79 Å². The maximum Gasteiger partial charge on any atom is 0.250 e. The van der Waals surface area contributed by atoms with Gasteiger partial charge in [0.05, 0.1) is 30.6 Å². The molecule has 4 heterocycles. The summed E-state index contributed by atoms with van der Waals surface area (Å²) in [7, 11) is 4.35. The first kappa shape index (κ1) is 28.5.